The number of nitrogens with one attached hydrogen (secondary N) is 1. The first-order valence-electron chi connectivity index (χ1n) is 8.73. The van der Waals surface area contributed by atoms with E-state index in [4.69, 9.17) is 0 Å². The van der Waals surface area contributed by atoms with Gasteiger partial charge in [-0.2, -0.15) is 0 Å². The van der Waals surface area contributed by atoms with Crippen LogP contribution in [0.1, 0.15) is 30.1 Å². The van der Waals surface area contributed by atoms with Gasteiger partial charge in [0.15, 0.2) is 9.84 Å². The average Bonchev–Trinajstić information content (AvgIpc) is 2.65. The Kier molecular flexibility index (Phi) is 6.97. The largest absolute Gasteiger partial charge is 0.322 e. The zero-order valence-electron chi connectivity index (χ0n) is 16.0. The van der Waals surface area contributed by atoms with Gasteiger partial charge in [-0.25, -0.2) is 21.1 Å². The number of sulfonamides is 1. The van der Waals surface area contributed by atoms with Crippen LogP contribution in [0.25, 0.3) is 0 Å². The molecule has 0 aliphatic carbocycles. The number of amides is 1. The van der Waals surface area contributed by atoms with Gasteiger partial charge in [0.25, 0.3) is 5.91 Å². The maximum Gasteiger partial charge on any atom is 0.255 e. The first-order chi connectivity index (χ1) is 13.1. The van der Waals surface area contributed by atoms with Crippen molar-refractivity contribution in [3.05, 3.63) is 54.1 Å². The van der Waals surface area contributed by atoms with E-state index in [-0.39, 0.29) is 9.79 Å². The molecule has 0 atom stereocenters. The van der Waals surface area contributed by atoms with Crippen LogP contribution in [0.3, 0.4) is 0 Å². The number of hydrogen-bond acceptors (Lipinski definition) is 5. The van der Waals surface area contributed by atoms with E-state index >= 15 is 0 Å². The first kappa shape index (κ1) is 22.1. The van der Waals surface area contributed by atoms with Crippen LogP contribution < -0.4 is 5.32 Å². The minimum atomic E-state index is -3.59. The molecule has 152 valence electrons. The molecule has 0 aliphatic rings. The third kappa shape index (κ3) is 5.40. The zero-order valence-corrected chi connectivity index (χ0v) is 17.7. The fourth-order valence-electron chi connectivity index (χ4n) is 2.45. The number of unbranched alkanes of at least 4 members (excludes halogenated alkanes) is 1. The lowest BCUT2D eigenvalue weighted by Gasteiger charge is -2.17. The van der Waals surface area contributed by atoms with Crippen molar-refractivity contribution in [3.8, 4) is 0 Å². The molecule has 0 spiro atoms. The van der Waals surface area contributed by atoms with Gasteiger partial charge in [-0.05, 0) is 55.0 Å². The summed E-state index contributed by atoms with van der Waals surface area (Å²) in [6.45, 7) is 2.42. The van der Waals surface area contributed by atoms with E-state index in [0.717, 1.165) is 19.1 Å². The highest BCUT2D eigenvalue weighted by Gasteiger charge is 2.20. The Labute approximate surface area is 166 Å². The quantitative estimate of drug-likeness (QED) is 0.702. The highest BCUT2D eigenvalue weighted by Crippen LogP contribution is 2.18. The van der Waals surface area contributed by atoms with Crippen LogP contribution in [0.5, 0.6) is 0 Å². The number of nitrogens with zero attached hydrogens (tertiary/aromatic N) is 1. The van der Waals surface area contributed by atoms with Gasteiger partial charge in [0.1, 0.15) is 0 Å². The van der Waals surface area contributed by atoms with E-state index in [0.29, 0.717) is 17.8 Å². The van der Waals surface area contributed by atoms with Crippen molar-refractivity contribution in [2.45, 2.75) is 29.6 Å². The maximum atomic E-state index is 12.5. The Morgan fingerprint density at radius 3 is 1.96 bits per heavy atom. The number of benzene rings is 2. The minimum Gasteiger partial charge on any atom is -0.322 e. The average molecular weight is 425 g/mol. The molecule has 2 rings (SSSR count). The molecule has 0 radical (unpaired) electrons. The Hall–Kier alpha value is -2.23. The van der Waals surface area contributed by atoms with Crippen LogP contribution in [0.4, 0.5) is 5.69 Å². The Morgan fingerprint density at radius 2 is 1.46 bits per heavy atom. The molecular weight excluding hydrogens is 400 g/mol. The summed E-state index contributed by atoms with van der Waals surface area (Å²) in [5.74, 6) is -0.421. The molecule has 0 saturated heterocycles. The van der Waals surface area contributed by atoms with Crippen LogP contribution in [0.2, 0.25) is 0 Å². The number of carbonyl (C=O) groups excluding carboxylic acids is 1. The Morgan fingerprint density at radius 1 is 0.929 bits per heavy atom. The van der Waals surface area contributed by atoms with Gasteiger partial charge in [-0.15, -0.1) is 0 Å². The molecule has 28 heavy (non-hydrogen) atoms. The molecule has 7 nitrogen and oxygen atoms in total. The van der Waals surface area contributed by atoms with Crippen molar-refractivity contribution in [2.75, 3.05) is 25.2 Å². The van der Waals surface area contributed by atoms with Crippen molar-refractivity contribution < 1.29 is 21.6 Å². The van der Waals surface area contributed by atoms with Gasteiger partial charge in [0, 0.05) is 31.1 Å². The predicted molar refractivity (Wildman–Crippen MR) is 109 cm³/mol. The zero-order chi connectivity index (χ0) is 20.9. The molecule has 2 aromatic rings. The molecule has 0 bridgehead atoms. The highest BCUT2D eigenvalue weighted by molar-refractivity contribution is 7.90. The van der Waals surface area contributed by atoms with Gasteiger partial charge in [-0.1, -0.05) is 13.3 Å². The lowest BCUT2D eigenvalue weighted by molar-refractivity contribution is 0.102. The van der Waals surface area contributed by atoms with Gasteiger partial charge < -0.3 is 5.32 Å². The van der Waals surface area contributed by atoms with Crippen molar-refractivity contribution in [2.24, 2.45) is 0 Å². The number of sulfone groups is 1. The lowest BCUT2D eigenvalue weighted by Crippen LogP contribution is -2.28. The van der Waals surface area contributed by atoms with Crippen molar-refractivity contribution in [3.63, 3.8) is 0 Å². The van der Waals surface area contributed by atoms with Crippen molar-refractivity contribution in [1.82, 2.24) is 4.31 Å². The fourth-order valence-corrected chi connectivity index (χ4v) is 4.29. The summed E-state index contributed by atoms with van der Waals surface area (Å²) in [7, 11) is -5.36. The molecule has 0 unspecified atom stereocenters. The minimum absolute atomic E-state index is 0.125. The summed E-state index contributed by atoms with van der Waals surface area (Å²) in [5, 5.41) is 2.65. The summed E-state index contributed by atoms with van der Waals surface area (Å²) in [4.78, 5) is 12.6. The lowest BCUT2D eigenvalue weighted by atomic mass is 10.2. The summed E-state index contributed by atoms with van der Waals surface area (Å²) in [6, 6.07) is 11.5. The fraction of sp³-hybridized carbons (Fsp3) is 0.316. The molecule has 0 fully saturated rings. The molecule has 0 aromatic heterocycles. The van der Waals surface area contributed by atoms with E-state index in [9.17, 15) is 21.6 Å². The smallest absolute Gasteiger partial charge is 0.255 e. The standard InChI is InChI=1S/C19H24N2O5S2/c1-4-5-14-21(2)28(25,26)18-10-6-15(7-11-18)19(22)20-16-8-12-17(13-9-16)27(3,23)24/h6-13H,4-5,14H2,1-3H3,(H,20,22). The SMILES string of the molecule is CCCCN(C)S(=O)(=O)c1ccc(C(=O)Nc2ccc(S(C)(=O)=O)cc2)cc1. The maximum absolute atomic E-state index is 12.5. The van der Waals surface area contributed by atoms with Crippen LogP contribution >= 0.6 is 0 Å². The molecule has 9 heteroatoms. The van der Waals surface area contributed by atoms with Gasteiger partial charge in [-0.3, -0.25) is 4.79 Å². The molecule has 2 aromatic carbocycles. The number of rotatable bonds is 8. The topological polar surface area (TPSA) is 101 Å². The molecule has 0 aliphatic heterocycles. The second-order valence-electron chi connectivity index (χ2n) is 6.46. The van der Waals surface area contributed by atoms with Crippen LogP contribution in [0.15, 0.2) is 58.3 Å². The van der Waals surface area contributed by atoms with Gasteiger partial charge >= 0.3 is 0 Å². The second-order valence-corrected chi connectivity index (χ2v) is 10.5. The number of hydrogen-bond donors (Lipinski definition) is 1. The van der Waals surface area contributed by atoms with E-state index in [1.54, 1.807) is 0 Å². The molecule has 1 amide bonds. The van der Waals surface area contributed by atoms with E-state index < -0.39 is 25.8 Å². The predicted octanol–water partition coefficient (Wildman–Crippen LogP) is 2.76. The van der Waals surface area contributed by atoms with E-state index in [1.807, 2.05) is 6.92 Å². The summed E-state index contributed by atoms with van der Waals surface area (Å²) in [5.41, 5.74) is 0.732. The second kappa shape index (κ2) is 8.85. The Balaban J connectivity index is 2.11. The van der Waals surface area contributed by atoms with Crippen molar-refractivity contribution in [1.29, 1.82) is 0 Å². The molecular formula is C19H24N2O5S2. The normalized spacial score (nSPS) is 12.1. The summed E-state index contributed by atoms with van der Waals surface area (Å²) < 4.78 is 49.2. The van der Waals surface area contributed by atoms with E-state index in [1.165, 1.54) is 59.9 Å². The molecule has 0 saturated carbocycles. The highest BCUT2D eigenvalue weighted by atomic mass is 32.2. The Bertz CT molecular complexity index is 1030. The van der Waals surface area contributed by atoms with E-state index in [2.05, 4.69) is 5.32 Å². The monoisotopic (exact) mass is 424 g/mol. The first-order valence-corrected chi connectivity index (χ1v) is 12.1. The van der Waals surface area contributed by atoms with Crippen molar-refractivity contribution >= 4 is 31.5 Å². The van der Waals surface area contributed by atoms with Crippen LogP contribution in [-0.2, 0) is 19.9 Å². The number of carbonyl (C=O) groups is 1. The summed E-state index contributed by atoms with van der Waals surface area (Å²) >= 11 is 0. The molecule has 1 N–H and O–H groups in total. The molecule has 0 heterocycles. The third-order valence-corrected chi connectivity index (χ3v) is 7.19. The van der Waals surface area contributed by atoms with Gasteiger partial charge in [0.2, 0.25) is 10.0 Å². The van der Waals surface area contributed by atoms with Crippen LogP contribution in [-0.4, -0.2) is 46.9 Å². The number of anilines is 1. The van der Waals surface area contributed by atoms with Crippen LogP contribution in [0, 0.1) is 0 Å². The third-order valence-electron chi connectivity index (χ3n) is 4.19. The summed E-state index contributed by atoms with van der Waals surface area (Å²) in [6.07, 6.45) is 2.77. The van der Waals surface area contributed by atoms with Gasteiger partial charge in [0.05, 0.1) is 9.79 Å².